The molecule has 3 aromatic heterocycles. The number of hydrogen-bond acceptors (Lipinski definition) is 5. The Bertz CT molecular complexity index is 1520. The van der Waals surface area contributed by atoms with E-state index in [-0.39, 0.29) is 0 Å². The van der Waals surface area contributed by atoms with Gasteiger partial charge in [0.25, 0.3) is 0 Å². The molecule has 5 aromatic rings. The van der Waals surface area contributed by atoms with Crippen molar-refractivity contribution >= 4 is 44.2 Å². The fourth-order valence-electron chi connectivity index (χ4n) is 4.04. The van der Waals surface area contributed by atoms with E-state index in [1.807, 2.05) is 36.5 Å². The first-order chi connectivity index (χ1) is 16.0. The number of furan rings is 1. The third-order valence-electron chi connectivity index (χ3n) is 5.61. The zero-order valence-corrected chi connectivity index (χ0v) is 19.7. The molecule has 33 heavy (non-hydrogen) atoms. The number of nitrogens with two attached hydrogens (primary N) is 1. The van der Waals surface area contributed by atoms with Crippen molar-refractivity contribution in [1.29, 1.82) is 0 Å². The van der Waals surface area contributed by atoms with Crippen molar-refractivity contribution in [1.82, 2.24) is 14.5 Å². The molecule has 0 aliphatic rings. The summed E-state index contributed by atoms with van der Waals surface area (Å²) >= 11 is 3.68. The molecule has 0 bridgehead atoms. The predicted molar refractivity (Wildman–Crippen MR) is 130 cm³/mol. The lowest BCUT2D eigenvalue weighted by molar-refractivity contribution is 0.211. The Balaban J connectivity index is 1.58. The summed E-state index contributed by atoms with van der Waals surface area (Å²) in [6, 6.07) is 15.2. The summed E-state index contributed by atoms with van der Waals surface area (Å²) in [6.07, 6.45) is 1.76. The SMILES string of the molecule is CCc1nc2c(C)ccnc2n1Cc1ccc2oc(-c3ccccc3OC(N)=O)c(Br)c2c1. The van der Waals surface area contributed by atoms with E-state index in [9.17, 15) is 4.79 Å². The van der Waals surface area contributed by atoms with E-state index in [0.717, 1.165) is 50.0 Å². The van der Waals surface area contributed by atoms with E-state index in [1.165, 1.54) is 0 Å². The van der Waals surface area contributed by atoms with Crippen molar-refractivity contribution in [3.8, 4) is 17.1 Å². The second-order valence-electron chi connectivity index (χ2n) is 7.76. The van der Waals surface area contributed by atoms with Crippen molar-refractivity contribution in [2.75, 3.05) is 0 Å². The monoisotopic (exact) mass is 504 g/mol. The summed E-state index contributed by atoms with van der Waals surface area (Å²) in [5.74, 6) is 1.90. The molecule has 166 valence electrons. The second kappa shape index (κ2) is 8.37. The van der Waals surface area contributed by atoms with Gasteiger partial charge in [-0.05, 0) is 64.3 Å². The van der Waals surface area contributed by atoms with E-state index in [2.05, 4.69) is 45.4 Å². The highest BCUT2D eigenvalue weighted by atomic mass is 79.9. The maximum atomic E-state index is 11.3. The molecule has 8 heteroatoms. The van der Waals surface area contributed by atoms with Crippen molar-refractivity contribution in [3.05, 3.63) is 76.2 Å². The Hall–Kier alpha value is -3.65. The lowest BCUT2D eigenvalue weighted by atomic mass is 10.1. The largest absolute Gasteiger partial charge is 0.455 e. The van der Waals surface area contributed by atoms with Crippen LogP contribution in [0, 0.1) is 6.92 Å². The Labute approximate surface area is 198 Å². The maximum Gasteiger partial charge on any atom is 0.409 e. The van der Waals surface area contributed by atoms with Gasteiger partial charge in [0.2, 0.25) is 0 Å². The standard InChI is InChI=1S/C25H21BrN4O3/c1-3-20-29-22-14(2)10-11-28-24(22)30(20)13-15-8-9-19-17(12-15)21(26)23(32-19)16-6-4-5-7-18(16)33-25(27)31/h4-12H,3,13H2,1-2H3,(H2,27,31). The van der Waals surface area contributed by atoms with Crippen LogP contribution in [0.5, 0.6) is 5.75 Å². The number of carbonyl (C=O) groups excluding carboxylic acids is 1. The number of primary amides is 1. The number of imidazole rings is 1. The molecule has 0 spiro atoms. The molecule has 0 atom stereocenters. The minimum absolute atomic E-state index is 0.337. The average Bonchev–Trinajstić information content (AvgIpc) is 3.32. The predicted octanol–water partition coefficient (Wildman–Crippen LogP) is 5.98. The van der Waals surface area contributed by atoms with Gasteiger partial charge >= 0.3 is 6.09 Å². The van der Waals surface area contributed by atoms with Crippen LogP contribution in [0.3, 0.4) is 0 Å². The third kappa shape index (κ3) is 3.76. The molecule has 5 rings (SSSR count). The highest BCUT2D eigenvalue weighted by molar-refractivity contribution is 9.10. The van der Waals surface area contributed by atoms with E-state index in [0.29, 0.717) is 23.6 Å². The van der Waals surface area contributed by atoms with Gasteiger partial charge in [-0.3, -0.25) is 0 Å². The zero-order valence-electron chi connectivity index (χ0n) is 18.1. The number of nitrogens with zero attached hydrogens (tertiary/aromatic N) is 3. The van der Waals surface area contributed by atoms with Gasteiger partial charge in [0.1, 0.15) is 22.7 Å². The number of pyridine rings is 1. The van der Waals surface area contributed by atoms with Crippen molar-refractivity contribution in [3.63, 3.8) is 0 Å². The summed E-state index contributed by atoms with van der Waals surface area (Å²) in [7, 11) is 0. The summed E-state index contributed by atoms with van der Waals surface area (Å²) in [5.41, 5.74) is 10.6. The second-order valence-corrected chi connectivity index (χ2v) is 8.55. The molecule has 0 radical (unpaired) electrons. The summed E-state index contributed by atoms with van der Waals surface area (Å²) in [4.78, 5) is 20.7. The van der Waals surface area contributed by atoms with Gasteiger partial charge in [-0.2, -0.15) is 0 Å². The number of rotatable bonds is 5. The first kappa shape index (κ1) is 21.2. The van der Waals surface area contributed by atoms with Crippen LogP contribution in [0.25, 0.3) is 33.5 Å². The first-order valence-corrected chi connectivity index (χ1v) is 11.3. The number of carbonyl (C=O) groups is 1. The van der Waals surface area contributed by atoms with E-state index >= 15 is 0 Å². The minimum atomic E-state index is -0.875. The zero-order chi connectivity index (χ0) is 23.1. The number of para-hydroxylation sites is 1. The van der Waals surface area contributed by atoms with E-state index < -0.39 is 6.09 Å². The fourth-order valence-corrected chi connectivity index (χ4v) is 4.64. The Morgan fingerprint density at radius 2 is 2.03 bits per heavy atom. The molecule has 2 N–H and O–H groups in total. The van der Waals surface area contributed by atoms with Crippen LogP contribution in [-0.4, -0.2) is 20.6 Å². The van der Waals surface area contributed by atoms with Gasteiger partial charge in [-0.15, -0.1) is 0 Å². The first-order valence-electron chi connectivity index (χ1n) is 10.5. The van der Waals surface area contributed by atoms with Gasteiger partial charge in [-0.1, -0.05) is 25.1 Å². The molecule has 2 aromatic carbocycles. The lowest BCUT2D eigenvalue weighted by Gasteiger charge is -2.08. The van der Waals surface area contributed by atoms with Crippen LogP contribution < -0.4 is 10.5 Å². The quantitative estimate of drug-likeness (QED) is 0.317. The van der Waals surface area contributed by atoms with Gasteiger partial charge in [0, 0.05) is 18.0 Å². The Kier molecular flexibility index (Phi) is 5.38. The number of ether oxygens (including phenoxy) is 1. The summed E-state index contributed by atoms with van der Waals surface area (Å²) in [6.45, 7) is 4.79. The third-order valence-corrected chi connectivity index (χ3v) is 6.39. The molecule has 3 heterocycles. The van der Waals surface area contributed by atoms with Crippen molar-refractivity contribution in [2.24, 2.45) is 5.73 Å². The van der Waals surface area contributed by atoms with Crippen LogP contribution in [-0.2, 0) is 13.0 Å². The van der Waals surface area contributed by atoms with Crippen LogP contribution in [0.15, 0.2) is 63.6 Å². The van der Waals surface area contributed by atoms with Crippen LogP contribution >= 0.6 is 15.9 Å². The molecule has 0 fully saturated rings. The Morgan fingerprint density at radius 3 is 2.82 bits per heavy atom. The molecular formula is C25H21BrN4O3. The summed E-state index contributed by atoms with van der Waals surface area (Å²) < 4.78 is 14.2. The number of benzene rings is 2. The molecule has 0 aliphatic carbocycles. The smallest absolute Gasteiger partial charge is 0.409 e. The van der Waals surface area contributed by atoms with Gasteiger partial charge < -0.3 is 19.5 Å². The van der Waals surface area contributed by atoms with Crippen LogP contribution in [0.1, 0.15) is 23.9 Å². The molecule has 1 amide bonds. The van der Waals surface area contributed by atoms with E-state index in [1.54, 1.807) is 12.1 Å². The van der Waals surface area contributed by atoms with E-state index in [4.69, 9.17) is 19.9 Å². The van der Waals surface area contributed by atoms with Gasteiger partial charge in [0.15, 0.2) is 11.4 Å². The number of halogens is 1. The van der Waals surface area contributed by atoms with Crippen LogP contribution in [0.2, 0.25) is 0 Å². The highest BCUT2D eigenvalue weighted by Crippen LogP contribution is 2.41. The fraction of sp³-hybridized carbons (Fsp3) is 0.160. The van der Waals surface area contributed by atoms with Gasteiger partial charge in [-0.25, -0.2) is 14.8 Å². The average molecular weight is 505 g/mol. The number of aromatic nitrogens is 3. The summed E-state index contributed by atoms with van der Waals surface area (Å²) in [5, 5.41) is 0.919. The maximum absolute atomic E-state index is 11.3. The molecule has 0 saturated carbocycles. The molecule has 0 aliphatic heterocycles. The number of aryl methyl sites for hydroxylation is 2. The topological polar surface area (TPSA) is 96.2 Å². The number of fused-ring (bicyclic) bond motifs is 2. The Morgan fingerprint density at radius 1 is 1.21 bits per heavy atom. The number of amides is 1. The molecule has 0 saturated heterocycles. The van der Waals surface area contributed by atoms with Crippen molar-refractivity contribution < 1.29 is 13.9 Å². The highest BCUT2D eigenvalue weighted by Gasteiger charge is 2.19. The van der Waals surface area contributed by atoms with Gasteiger partial charge in [0.05, 0.1) is 16.6 Å². The number of hydrogen-bond donors (Lipinski definition) is 1. The molecule has 0 unspecified atom stereocenters. The minimum Gasteiger partial charge on any atom is -0.455 e. The normalized spacial score (nSPS) is 11.4. The molecule has 7 nitrogen and oxygen atoms in total. The molecular weight excluding hydrogens is 484 g/mol. The van der Waals surface area contributed by atoms with Crippen molar-refractivity contribution in [2.45, 2.75) is 26.8 Å². The lowest BCUT2D eigenvalue weighted by Crippen LogP contribution is -2.16. The van der Waals surface area contributed by atoms with Crippen LogP contribution in [0.4, 0.5) is 4.79 Å².